The monoisotopic (exact) mass is 602 g/mol. The molecule has 1 amide bonds. The van der Waals surface area contributed by atoms with E-state index in [0.717, 1.165) is 28.8 Å². The maximum Gasteiger partial charge on any atom is 0.407 e. The second-order valence-corrected chi connectivity index (χ2v) is 12.8. The number of carbonyl (C=O) groups is 2. The molecule has 0 atom stereocenters. The van der Waals surface area contributed by atoms with Crippen LogP contribution in [0.2, 0.25) is 0 Å². The molecule has 41 heavy (non-hydrogen) atoms. The number of rotatable bonds is 12. The maximum absolute atomic E-state index is 12.8. The second kappa shape index (κ2) is 13.9. The lowest BCUT2D eigenvalue weighted by atomic mass is 10.0. The van der Waals surface area contributed by atoms with Crippen LogP contribution < -0.4 is 14.9 Å². The number of benzene rings is 2. The Kier molecular flexibility index (Phi) is 10.9. The van der Waals surface area contributed by atoms with Crippen LogP contribution in [0.25, 0.3) is 11.1 Å². The molecule has 3 aromatic rings. The first-order chi connectivity index (χ1) is 19.3. The van der Waals surface area contributed by atoms with Crippen LogP contribution in [0.3, 0.4) is 0 Å². The summed E-state index contributed by atoms with van der Waals surface area (Å²) in [5.41, 5.74) is 3.40. The van der Waals surface area contributed by atoms with E-state index in [2.05, 4.69) is 26.8 Å². The Hall–Kier alpha value is -3.48. The number of esters is 1. The summed E-state index contributed by atoms with van der Waals surface area (Å²) >= 11 is 1.38. The number of carbonyl (C=O) groups excluding carboxylic acids is 2. The summed E-state index contributed by atoms with van der Waals surface area (Å²) in [6.45, 7) is 12.2. The van der Waals surface area contributed by atoms with Gasteiger partial charge in [0.2, 0.25) is 10.0 Å². The summed E-state index contributed by atoms with van der Waals surface area (Å²) in [6.07, 6.45) is 0.260. The molecule has 222 valence electrons. The summed E-state index contributed by atoms with van der Waals surface area (Å²) < 4.78 is 38.3. The number of hydrogen-bond donors (Lipinski definition) is 2. The predicted molar refractivity (Wildman–Crippen MR) is 161 cm³/mol. The Labute approximate surface area is 246 Å². The molecule has 0 fully saturated rings. The lowest BCUT2D eigenvalue weighted by Gasteiger charge is -2.24. The normalized spacial score (nSPS) is 11.7. The molecule has 10 nitrogen and oxygen atoms in total. The number of aromatic nitrogens is 1. The van der Waals surface area contributed by atoms with E-state index in [1.165, 1.54) is 11.3 Å². The van der Waals surface area contributed by atoms with Crippen molar-refractivity contribution in [3.63, 3.8) is 0 Å². The largest absolute Gasteiger partial charge is 0.461 e. The van der Waals surface area contributed by atoms with E-state index in [9.17, 15) is 18.0 Å². The third kappa shape index (κ3) is 9.00. The van der Waals surface area contributed by atoms with E-state index in [0.29, 0.717) is 11.7 Å². The van der Waals surface area contributed by atoms with Crippen molar-refractivity contribution in [1.82, 2.24) is 15.0 Å². The minimum atomic E-state index is -3.77. The van der Waals surface area contributed by atoms with Gasteiger partial charge in [0.15, 0.2) is 10.8 Å². The van der Waals surface area contributed by atoms with Crippen LogP contribution in [0.4, 0.5) is 15.6 Å². The van der Waals surface area contributed by atoms with Gasteiger partial charge >= 0.3 is 12.1 Å². The number of amides is 1. The van der Waals surface area contributed by atoms with Crippen molar-refractivity contribution in [3.05, 3.63) is 59.1 Å². The average Bonchev–Trinajstić information content (AvgIpc) is 3.40. The topological polar surface area (TPSA) is 127 Å². The Balaban J connectivity index is 1.74. The van der Waals surface area contributed by atoms with Crippen molar-refractivity contribution in [2.75, 3.05) is 31.1 Å². The van der Waals surface area contributed by atoms with Gasteiger partial charge in [-0.2, -0.15) is 0 Å². The number of nitrogens with zero attached hydrogens (tertiary/aromatic N) is 2. The van der Waals surface area contributed by atoms with Gasteiger partial charge in [-0.15, -0.1) is 11.3 Å². The molecule has 3 rings (SSSR count). The summed E-state index contributed by atoms with van der Waals surface area (Å²) in [4.78, 5) is 30.6. The molecule has 0 radical (unpaired) electrons. The lowest BCUT2D eigenvalue weighted by molar-refractivity contribution is 0.0513. The highest BCUT2D eigenvalue weighted by atomic mass is 32.2. The molecule has 0 aliphatic rings. The second-order valence-electron chi connectivity index (χ2n) is 10.2. The van der Waals surface area contributed by atoms with Gasteiger partial charge in [0.1, 0.15) is 5.60 Å². The third-order valence-electron chi connectivity index (χ3n) is 5.74. The van der Waals surface area contributed by atoms with E-state index < -0.39 is 27.7 Å². The Bertz CT molecular complexity index is 1450. The van der Waals surface area contributed by atoms with Gasteiger partial charge in [0.05, 0.1) is 11.5 Å². The fraction of sp³-hybridized carbons (Fsp3) is 0.414. The number of hydrogen-bond acceptors (Lipinski definition) is 9. The number of anilines is 2. The first-order valence-corrected chi connectivity index (χ1v) is 15.8. The number of aryl methyl sites for hydroxylation is 1. The van der Waals surface area contributed by atoms with Crippen LogP contribution >= 0.6 is 11.3 Å². The quantitative estimate of drug-likeness (QED) is 0.201. The molecule has 0 spiro atoms. The van der Waals surface area contributed by atoms with Crippen LogP contribution in [0.1, 0.15) is 57.1 Å². The van der Waals surface area contributed by atoms with E-state index in [4.69, 9.17) is 9.47 Å². The van der Waals surface area contributed by atoms with Gasteiger partial charge in [-0.25, -0.2) is 27.7 Å². The van der Waals surface area contributed by atoms with Crippen LogP contribution in [-0.4, -0.2) is 57.3 Å². The Morgan fingerprint density at radius 1 is 1.02 bits per heavy atom. The highest BCUT2D eigenvalue weighted by molar-refractivity contribution is 7.89. The van der Waals surface area contributed by atoms with Gasteiger partial charge in [0, 0.05) is 30.7 Å². The average molecular weight is 603 g/mol. The van der Waals surface area contributed by atoms with Crippen molar-refractivity contribution in [2.24, 2.45) is 0 Å². The number of thiazole rings is 1. The number of sulfonamides is 1. The van der Waals surface area contributed by atoms with Crippen molar-refractivity contribution in [1.29, 1.82) is 0 Å². The van der Waals surface area contributed by atoms with Crippen LogP contribution in [0.5, 0.6) is 0 Å². The van der Waals surface area contributed by atoms with Gasteiger partial charge < -0.3 is 19.7 Å². The van der Waals surface area contributed by atoms with E-state index in [1.807, 2.05) is 25.1 Å². The molecule has 0 bridgehead atoms. The smallest absolute Gasteiger partial charge is 0.407 e. The molecule has 12 heteroatoms. The third-order valence-corrected chi connectivity index (χ3v) is 8.08. The van der Waals surface area contributed by atoms with Crippen molar-refractivity contribution >= 4 is 44.2 Å². The molecule has 0 aliphatic heterocycles. The molecule has 2 aromatic carbocycles. The summed E-state index contributed by atoms with van der Waals surface area (Å²) in [5.74, 6) is -0.444. The zero-order chi connectivity index (χ0) is 30.2. The molecular formula is C29H38N4O6S2. The van der Waals surface area contributed by atoms with Crippen molar-refractivity contribution < 1.29 is 27.5 Å². The first kappa shape index (κ1) is 32.0. The molecule has 0 saturated heterocycles. The SMILES string of the molecule is CCCN(c1nc(C(=O)OCC)cs1)c1cc(-c2ccc(S(=O)(=O)NCCNC(=O)OC(C)(C)C)cc2)ccc1C. The molecule has 0 aliphatic carbocycles. The number of alkyl carbamates (subject to hydrolysis) is 1. The summed E-state index contributed by atoms with van der Waals surface area (Å²) in [7, 11) is -3.77. The zero-order valence-electron chi connectivity index (χ0n) is 24.3. The van der Waals surface area contributed by atoms with Crippen LogP contribution in [0, 0.1) is 6.92 Å². The fourth-order valence-corrected chi connectivity index (χ4v) is 5.75. The molecule has 2 N–H and O–H groups in total. The Morgan fingerprint density at radius 3 is 2.34 bits per heavy atom. The predicted octanol–water partition coefficient (Wildman–Crippen LogP) is 5.65. The van der Waals surface area contributed by atoms with Crippen molar-refractivity contribution in [3.8, 4) is 11.1 Å². The minimum absolute atomic E-state index is 0.0204. The molecule has 0 saturated carbocycles. The molecular weight excluding hydrogens is 564 g/mol. The summed E-state index contributed by atoms with van der Waals surface area (Å²) in [6, 6.07) is 12.7. The highest BCUT2D eigenvalue weighted by Crippen LogP contribution is 2.35. The number of nitrogens with one attached hydrogen (secondary N) is 2. The van der Waals surface area contributed by atoms with Crippen LogP contribution in [-0.2, 0) is 19.5 Å². The molecule has 1 aromatic heterocycles. The fourth-order valence-electron chi connectivity index (χ4n) is 3.88. The highest BCUT2D eigenvalue weighted by Gasteiger charge is 2.20. The van der Waals surface area contributed by atoms with Gasteiger partial charge in [-0.3, -0.25) is 0 Å². The summed E-state index contributed by atoms with van der Waals surface area (Å²) in [5, 5.41) is 4.93. The first-order valence-electron chi connectivity index (χ1n) is 13.4. The van der Waals surface area contributed by atoms with Gasteiger partial charge in [-0.05, 0) is 75.9 Å². The zero-order valence-corrected chi connectivity index (χ0v) is 25.9. The van der Waals surface area contributed by atoms with E-state index in [-0.39, 0.29) is 30.3 Å². The maximum atomic E-state index is 12.8. The van der Waals surface area contributed by atoms with Gasteiger partial charge in [-0.1, -0.05) is 31.2 Å². The van der Waals surface area contributed by atoms with E-state index >= 15 is 0 Å². The molecule has 1 heterocycles. The standard InChI is InChI=1S/C29H38N4O6S2/c1-7-17-33(27-32-24(19-40-27)26(34)38-8-2)25-18-22(10-9-20(25)3)21-11-13-23(14-12-21)41(36,37)31-16-15-30-28(35)39-29(4,5)6/h9-14,18-19,31H,7-8,15-17H2,1-6H3,(H,30,35). The minimum Gasteiger partial charge on any atom is -0.461 e. The van der Waals surface area contributed by atoms with Gasteiger partial charge in [0.25, 0.3) is 0 Å². The Morgan fingerprint density at radius 2 is 1.71 bits per heavy atom. The van der Waals surface area contributed by atoms with E-state index in [1.54, 1.807) is 57.3 Å². The van der Waals surface area contributed by atoms with Crippen LogP contribution in [0.15, 0.2) is 52.7 Å². The van der Waals surface area contributed by atoms with Crippen molar-refractivity contribution in [2.45, 2.75) is 58.5 Å². The molecule has 0 unspecified atom stereocenters. The number of ether oxygens (including phenoxy) is 2. The lowest BCUT2D eigenvalue weighted by Crippen LogP contribution is -2.37.